The summed E-state index contributed by atoms with van der Waals surface area (Å²) in [5.74, 6) is -0.496. The number of rotatable bonds is 5. The Morgan fingerprint density at radius 2 is 1.92 bits per heavy atom. The second kappa shape index (κ2) is 6.53. The molecular weight excluding hydrogens is 321 g/mol. The largest absolute Gasteiger partial charge is 0.486 e. The minimum atomic E-state index is -0.904. The Balaban J connectivity index is 1.68. The topological polar surface area (TPSA) is 87.9 Å². The van der Waals surface area contributed by atoms with Gasteiger partial charge in [0.2, 0.25) is 0 Å². The summed E-state index contributed by atoms with van der Waals surface area (Å²) in [5, 5.41) is 10.6. The number of benzene rings is 2. The molecule has 24 heavy (non-hydrogen) atoms. The van der Waals surface area contributed by atoms with Gasteiger partial charge < -0.3 is 14.2 Å². The average Bonchev–Trinajstić information content (AvgIpc) is 2.59. The monoisotopic (exact) mass is 333 g/mol. The van der Waals surface area contributed by atoms with E-state index in [-0.39, 0.29) is 11.5 Å². The number of Topliss-reactive ketones (excluding diaryl/α,β-unsaturated/α-hetero) is 1. The molecule has 0 amide bonds. The molecule has 0 unspecified atom stereocenters. The highest BCUT2D eigenvalue weighted by molar-refractivity contribution is 5.97. The third-order valence-electron chi connectivity index (χ3n) is 3.35. The van der Waals surface area contributed by atoms with Crippen molar-refractivity contribution in [3.63, 3.8) is 0 Å². The molecule has 7 nitrogen and oxygen atoms in total. The molecule has 124 valence electrons. The summed E-state index contributed by atoms with van der Waals surface area (Å²) in [4.78, 5) is 22.0. The highest BCUT2D eigenvalue weighted by Gasteiger charge is 2.17. The number of nitro groups is 1. The first kappa shape index (κ1) is 15.7. The van der Waals surface area contributed by atoms with Crippen LogP contribution < -0.4 is 14.2 Å². The van der Waals surface area contributed by atoms with Crippen LogP contribution in [0.3, 0.4) is 0 Å². The maximum Gasteiger partial charge on any atom is 0.272 e. The SMILES string of the molecule is O=C(COc1ccc([N+](=O)[O-])cc1F)c1ccc2c(c1)OCCO2. The summed E-state index contributed by atoms with van der Waals surface area (Å²) in [6.07, 6.45) is 0. The van der Waals surface area contributed by atoms with Crippen molar-refractivity contribution in [2.75, 3.05) is 19.8 Å². The van der Waals surface area contributed by atoms with E-state index in [1.165, 1.54) is 6.07 Å². The predicted octanol–water partition coefficient (Wildman–Crippen LogP) is 2.77. The number of hydrogen-bond donors (Lipinski definition) is 0. The van der Waals surface area contributed by atoms with Crippen molar-refractivity contribution in [1.82, 2.24) is 0 Å². The molecule has 0 saturated carbocycles. The average molecular weight is 333 g/mol. The fourth-order valence-corrected chi connectivity index (χ4v) is 2.16. The molecule has 0 radical (unpaired) electrons. The van der Waals surface area contributed by atoms with Gasteiger partial charge in [0.05, 0.1) is 11.0 Å². The zero-order valence-electron chi connectivity index (χ0n) is 12.4. The molecule has 0 atom stereocenters. The van der Waals surface area contributed by atoms with Crippen LogP contribution in [0, 0.1) is 15.9 Å². The molecule has 0 aromatic heterocycles. The van der Waals surface area contributed by atoms with Gasteiger partial charge >= 0.3 is 0 Å². The Morgan fingerprint density at radius 3 is 2.62 bits per heavy atom. The van der Waals surface area contributed by atoms with Gasteiger partial charge in [-0.3, -0.25) is 14.9 Å². The highest BCUT2D eigenvalue weighted by atomic mass is 19.1. The van der Waals surface area contributed by atoms with Gasteiger partial charge in [0, 0.05) is 11.6 Å². The summed E-state index contributed by atoms with van der Waals surface area (Å²) >= 11 is 0. The van der Waals surface area contributed by atoms with Crippen LogP contribution in [0.4, 0.5) is 10.1 Å². The third kappa shape index (κ3) is 3.27. The first-order valence-electron chi connectivity index (χ1n) is 7.04. The Kier molecular flexibility index (Phi) is 4.28. The molecule has 0 spiro atoms. The molecule has 2 aromatic carbocycles. The Labute approximate surface area is 135 Å². The van der Waals surface area contributed by atoms with E-state index in [1.807, 2.05) is 0 Å². The standard InChI is InChI=1S/C16H12FNO6/c17-12-8-11(18(20)21)2-4-14(12)24-9-13(19)10-1-3-15-16(7-10)23-6-5-22-15/h1-4,7-8H,5-6,9H2. The van der Waals surface area contributed by atoms with Gasteiger partial charge in [-0.2, -0.15) is 0 Å². The number of nitrogens with zero attached hydrogens (tertiary/aromatic N) is 1. The maximum atomic E-state index is 13.7. The normalized spacial score (nSPS) is 12.5. The van der Waals surface area contributed by atoms with Crippen LogP contribution in [0.5, 0.6) is 17.2 Å². The lowest BCUT2D eigenvalue weighted by molar-refractivity contribution is -0.385. The van der Waals surface area contributed by atoms with Crippen LogP contribution >= 0.6 is 0 Å². The van der Waals surface area contributed by atoms with Crippen molar-refractivity contribution in [3.05, 3.63) is 57.9 Å². The number of fused-ring (bicyclic) bond motifs is 1. The van der Waals surface area contributed by atoms with E-state index in [9.17, 15) is 19.3 Å². The van der Waals surface area contributed by atoms with Crippen molar-refractivity contribution in [1.29, 1.82) is 0 Å². The van der Waals surface area contributed by atoms with E-state index in [1.54, 1.807) is 12.1 Å². The number of nitro benzene ring substituents is 1. The van der Waals surface area contributed by atoms with Gasteiger partial charge in [0.1, 0.15) is 13.2 Å². The smallest absolute Gasteiger partial charge is 0.272 e. The van der Waals surface area contributed by atoms with Crippen LogP contribution in [0.25, 0.3) is 0 Å². The minimum absolute atomic E-state index is 0.230. The summed E-state index contributed by atoms with van der Waals surface area (Å²) in [5.41, 5.74) is -0.0559. The van der Waals surface area contributed by atoms with Gasteiger partial charge in [-0.25, -0.2) is 4.39 Å². The lowest BCUT2D eigenvalue weighted by atomic mass is 10.1. The molecule has 1 aliphatic heterocycles. The molecule has 3 rings (SSSR count). The predicted molar refractivity (Wildman–Crippen MR) is 80.3 cm³/mol. The second-order valence-corrected chi connectivity index (χ2v) is 4.94. The van der Waals surface area contributed by atoms with Gasteiger partial charge in [-0.15, -0.1) is 0 Å². The van der Waals surface area contributed by atoms with Gasteiger partial charge in [-0.1, -0.05) is 0 Å². The van der Waals surface area contributed by atoms with E-state index >= 15 is 0 Å². The van der Waals surface area contributed by atoms with E-state index in [0.717, 1.165) is 18.2 Å². The minimum Gasteiger partial charge on any atom is -0.486 e. The van der Waals surface area contributed by atoms with Crippen molar-refractivity contribution in [2.24, 2.45) is 0 Å². The van der Waals surface area contributed by atoms with Gasteiger partial charge in [-0.05, 0) is 24.3 Å². The Hall–Kier alpha value is -3.16. The molecule has 1 aliphatic rings. The third-order valence-corrected chi connectivity index (χ3v) is 3.35. The zero-order valence-corrected chi connectivity index (χ0v) is 12.4. The van der Waals surface area contributed by atoms with Crippen molar-refractivity contribution in [3.8, 4) is 17.2 Å². The quantitative estimate of drug-likeness (QED) is 0.475. The highest BCUT2D eigenvalue weighted by Crippen LogP contribution is 2.31. The summed E-state index contributed by atoms with van der Waals surface area (Å²) in [6.45, 7) is 0.437. The van der Waals surface area contributed by atoms with Crippen molar-refractivity contribution < 1.29 is 28.3 Å². The fourth-order valence-electron chi connectivity index (χ4n) is 2.16. The van der Waals surface area contributed by atoms with E-state index in [0.29, 0.717) is 30.3 Å². The molecule has 2 aromatic rings. The van der Waals surface area contributed by atoms with Crippen LogP contribution in [0.15, 0.2) is 36.4 Å². The number of carbonyl (C=O) groups excluding carboxylic acids is 1. The molecule has 0 aliphatic carbocycles. The molecule has 0 saturated heterocycles. The van der Waals surface area contributed by atoms with Crippen molar-refractivity contribution >= 4 is 11.5 Å². The second-order valence-electron chi connectivity index (χ2n) is 4.94. The fraction of sp³-hybridized carbons (Fsp3) is 0.188. The molecular formula is C16H12FNO6. The van der Waals surface area contributed by atoms with E-state index < -0.39 is 23.0 Å². The van der Waals surface area contributed by atoms with Gasteiger partial charge in [0.15, 0.2) is 35.5 Å². The molecule has 1 heterocycles. The first-order chi connectivity index (χ1) is 11.5. The van der Waals surface area contributed by atoms with Crippen molar-refractivity contribution in [2.45, 2.75) is 0 Å². The van der Waals surface area contributed by atoms with E-state index in [2.05, 4.69) is 0 Å². The number of ketones is 1. The molecule has 0 fully saturated rings. The molecule has 0 bridgehead atoms. The van der Waals surface area contributed by atoms with E-state index in [4.69, 9.17) is 14.2 Å². The number of halogens is 1. The number of non-ortho nitro benzene ring substituents is 1. The maximum absolute atomic E-state index is 13.7. The number of ether oxygens (including phenoxy) is 3. The van der Waals surface area contributed by atoms with Crippen LogP contribution in [0.1, 0.15) is 10.4 Å². The summed E-state index contributed by atoms with van der Waals surface area (Å²) in [7, 11) is 0. The van der Waals surface area contributed by atoms with Crippen LogP contribution in [-0.2, 0) is 0 Å². The first-order valence-corrected chi connectivity index (χ1v) is 7.04. The summed E-state index contributed by atoms with van der Waals surface area (Å²) < 4.78 is 29.6. The van der Waals surface area contributed by atoms with Gasteiger partial charge in [0.25, 0.3) is 5.69 Å². The molecule has 8 heteroatoms. The van der Waals surface area contributed by atoms with Crippen LogP contribution in [-0.4, -0.2) is 30.5 Å². The molecule has 0 N–H and O–H groups in total. The summed E-state index contributed by atoms with van der Waals surface area (Å²) in [6, 6.07) is 7.67. The lowest BCUT2D eigenvalue weighted by Gasteiger charge is -2.18. The van der Waals surface area contributed by atoms with Crippen LogP contribution in [0.2, 0.25) is 0 Å². The lowest BCUT2D eigenvalue weighted by Crippen LogP contribution is -2.17. The zero-order chi connectivity index (χ0) is 17.1. The number of carbonyl (C=O) groups is 1. The Bertz CT molecular complexity index is 807. The number of hydrogen-bond acceptors (Lipinski definition) is 6. The Morgan fingerprint density at radius 1 is 1.17 bits per heavy atom.